The quantitative estimate of drug-likeness (QED) is 0.665. The summed E-state index contributed by atoms with van der Waals surface area (Å²) in [6.07, 6.45) is 3.87. The number of carbonyl (C=O) groups is 1. The zero-order valence-electron chi connectivity index (χ0n) is 7.80. The van der Waals surface area contributed by atoms with Gasteiger partial charge in [-0.3, -0.25) is 4.79 Å². The van der Waals surface area contributed by atoms with E-state index in [9.17, 15) is 4.79 Å². The van der Waals surface area contributed by atoms with Crippen molar-refractivity contribution in [2.45, 2.75) is 6.42 Å². The summed E-state index contributed by atoms with van der Waals surface area (Å²) in [6.45, 7) is 0. The summed E-state index contributed by atoms with van der Waals surface area (Å²) in [5.41, 5.74) is 1.73. The minimum atomic E-state index is -0.242. The summed E-state index contributed by atoms with van der Waals surface area (Å²) in [6, 6.07) is 5.57. The van der Waals surface area contributed by atoms with Crippen molar-refractivity contribution in [1.82, 2.24) is 9.38 Å². The molecule has 0 unspecified atom stereocenters. The van der Waals surface area contributed by atoms with Gasteiger partial charge in [0.1, 0.15) is 5.65 Å². The lowest BCUT2D eigenvalue weighted by Crippen LogP contribution is -2.06. The van der Waals surface area contributed by atoms with Gasteiger partial charge in [0.2, 0.25) is 0 Å². The highest BCUT2D eigenvalue weighted by molar-refractivity contribution is 5.72. The molecule has 0 aliphatic carbocycles. The number of hydrogen-bond donors (Lipinski definition) is 0. The van der Waals surface area contributed by atoms with Gasteiger partial charge in [-0.15, -0.1) is 0 Å². The average molecular weight is 190 g/mol. The molecule has 0 aliphatic rings. The molecule has 72 valence electrons. The molecule has 2 aromatic rings. The molecule has 2 heterocycles. The Morgan fingerprint density at radius 3 is 3.21 bits per heavy atom. The van der Waals surface area contributed by atoms with Gasteiger partial charge in [-0.2, -0.15) is 0 Å². The van der Waals surface area contributed by atoms with E-state index in [1.54, 1.807) is 6.20 Å². The predicted octanol–water partition coefficient (Wildman–Crippen LogP) is 1.05. The maximum atomic E-state index is 11.1. The first kappa shape index (κ1) is 8.74. The Bertz CT molecular complexity index is 462. The number of fused-ring (bicyclic) bond motifs is 1. The fourth-order valence-electron chi connectivity index (χ4n) is 1.36. The number of carbonyl (C=O) groups excluding carboxylic acids is 1. The summed E-state index contributed by atoms with van der Waals surface area (Å²) in [7, 11) is 1.39. The fourth-order valence-corrected chi connectivity index (χ4v) is 1.36. The third-order valence-electron chi connectivity index (χ3n) is 2.06. The van der Waals surface area contributed by atoms with E-state index in [1.165, 1.54) is 7.11 Å². The lowest BCUT2D eigenvalue weighted by molar-refractivity contribution is -0.139. The molecule has 2 rings (SSSR count). The zero-order valence-corrected chi connectivity index (χ0v) is 7.80. The first-order valence-electron chi connectivity index (χ1n) is 4.29. The molecular weight excluding hydrogens is 180 g/mol. The summed E-state index contributed by atoms with van der Waals surface area (Å²) >= 11 is 0. The Morgan fingerprint density at radius 1 is 1.57 bits per heavy atom. The standard InChI is InChI=1S/C10H10N2O2/c1-14-10(13)7-8-3-4-9-11-5-2-6-12(8)9/h2-6H,7H2,1H3. The molecule has 0 aromatic carbocycles. The van der Waals surface area contributed by atoms with Gasteiger partial charge in [-0.05, 0) is 18.2 Å². The van der Waals surface area contributed by atoms with E-state index < -0.39 is 0 Å². The minimum absolute atomic E-state index is 0.242. The minimum Gasteiger partial charge on any atom is -0.469 e. The van der Waals surface area contributed by atoms with Crippen molar-refractivity contribution in [3.05, 3.63) is 36.3 Å². The van der Waals surface area contributed by atoms with Crippen LogP contribution in [0.2, 0.25) is 0 Å². The maximum absolute atomic E-state index is 11.1. The van der Waals surface area contributed by atoms with Crippen LogP contribution < -0.4 is 0 Å². The molecule has 0 bridgehead atoms. The molecule has 0 atom stereocenters. The Labute approximate surface area is 81.1 Å². The zero-order chi connectivity index (χ0) is 9.97. The maximum Gasteiger partial charge on any atom is 0.311 e. The van der Waals surface area contributed by atoms with Crippen LogP contribution in [-0.4, -0.2) is 22.5 Å². The van der Waals surface area contributed by atoms with Crippen molar-refractivity contribution in [3.63, 3.8) is 0 Å². The highest BCUT2D eigenvalue weighted by atomic mass is 16.5. The first-order chi connectivity index (χ1) is 6.81. The van der Waals surface area contributed by atoms with Gasteiger partial charge >= 0.3 is 5.97 Å². The molecule has 14 heavy (non-hydrogen) atoms. The van der Waals surface area contributed by atoms with Crippen molar-refractivity contribution in [1.29, 1.82) is 0 Å². The van der Waals surface area contributed by atoms with Crippen LogP contribution in [0.15, 0.2) is 30.6 Å². The van der Waals surface area contributed by atoms with Crippen LogP contribution in [0.5, 0.6) is 0 Å². The molecule has 0 fully saturated rings. The molecule has 0 N–H and O–H groups in total. The van der Waals surface area contributed by atoms with E-state index in [2.05, 4.69) is 9.72 Å². The lowest BCUT2D eigenvalue weighted by Gasteiger charge is -2.00. The molecule has 2 aromatic heterocycles. The van der Waals surface area contributed by atoms with E-state index >= 15 is 0 Å². The van der Waals surface area contributed by atoms with Crippen molar-refractivity contribution >= 4 is 11.6 Å². The van der Waals surface area contributed by atoms with Crippen molar-refractivity contribution in [3.8, 4) is 0 Å². The number of nitrogens with zero attached hydrogens (tertiary/aromatic N) is 2. The molecule has 0 saturated carbocycles. The lowest BCUT2D eigenvalue weighted by atomic mass is 10.3. The number of ether oxygens (including phenoxy) is 1. The summed E-state index contributed by atoms with van der Waals surface area (Å²) < 4.78 is 6.47. The second-order valence-corrected chi connectivity index (χ2v) is 2.93. The topological polar surface area (TPSA) is 43.6 Å². The van der Waals surface area contributed by atoms with E-state index in [1.807, 2.05) is 28.8 Å². The van der Waals surface area contributed by atoms with Crippen LogP contribution in [0.3, 0.4) is 0 Å². The predicted molar refractivity (Wildman–Crippen MR) is 50.9 cm³/mol. The first-order valence-corrected chi connectivity index (χ1v) is 4.29. The van der Waals surface area contributed by atoms with Crippen molar-refractivity contribution < 1.29 is 9.53 Å². The molecule has 0 aliphatic heterocycles. The Kier molecular flexibility index (Phi) is 2.18. The Hall–Kier alpha value is -1.84. The normalized spacial score (nSPS) is 10.4. The SMILES string of the molecule is COC(=O)Cc1ccc2ncccn12. The van der Waals surface area contributed by atoms with Crippen LogP contribution in [0, 0.1) is 0 Å². The van der Waals surface area contributed by atoms with Crippen molar-refractivity contribution in [2.24, 2.45) is 0 Å². The number of hydrogen-bond acceptors (Lipinski definition) is 3. The van der Waals surface area contributed by atoms with Gasteiger partial charge in [0, 0.05) is 18.1 Å². The Morgan fingerprint density at radius 2 is 2.43 bits per heavy atom. The van der Waals surface area contributed by atoms with E-state index in [-0.39, 0.29) is 12.4 Å². The third-order valence-corrected chi connectivity index (χ3v) is 2.06. The summed E-state index contributed by atoms with van der Waals surface area (Å²) in [5, 5.41) is 0. The van der Waals surface area contributed by atoms with E-state index in [4.69, 9.17) is 0 Å². The highest BCUT2D eigenvalue weighted by Gasteiger charge is 2.06. The highest BCUT2D eigenvalue weighted by Crippen LogP contribution is 2.08. The average Bonchev–Trinajstić information content (AvgIpc) is 2.62. The smallest absolute Gasteiger partial charge is 0.311 e. The largest absolute Gasteiger partial charge is 0.469 e. The molecule has 4 heteroatoms. The van der Waals surface area contributed by atoms with Gasteiger partial charge < -0.3 is 9.14 Å². The van der Waals surface area contributed by atoms with Gasteiger partial charge in [0.15, 0.2) is 0 Å². The van der Waals surface area contributed by atoms with Gasteiger partial charge in [0.25, 0.3) is 0 Å². The van der Waals surface area contributed by atoms with Gasteiger partial charge in [-0.25, -0.2) is 4.98 Å². The number of esters is 1. The van der Waals surface area contributed by atoms with Gasteiger partial charge in [-0.1, -0.05) is 0 Å². The molecule has 0 radical (unpaired) electrons. The summed E-state index contributed by atoms with van der Waals surface area (Å²) in [5.74, 6) is -0.242. The number of methoxy groups -OCH3 is 1. The molecule has 0 amide bonds. The number of rotatable bonds is 2. The third kappa shape index (κ3) is 1.46. The second-order valence-electron chi connectivity index (χ2n) is 2.93. The molecule has 0 saturated heterocycles. The molecular formula is C10H10N2O2. The second kappa shape index (κ2) is 3.49. The monoisotopic (exact) mass is 190 g/mol. The fraction of sp³-hybridized carbons (Fsp3) is 0.200. The Balaban J connectivity index is 2.38. The summed E-state index contributed by atoms with van der Waals surface area (Å²) in [4.78, 5) is 15.2. The number of aromatic nitrogens is 2. The van der Waals surface area contributed by atoms with Crippen molar-refractivity contribution in [2.75, 3.05) is 7.11 Å². The van der Waals surface area contributed by atoms with Gasteiger partial charge in [0.05, 0.1) is 13.5 Å². The molecule has 0 spiro atoms. The van der Waals surface area contributed by atoms with E-state index in [0.717, 1.165) is 11.3 Å². The van der Waals surface area contributed by atoms with Crippen LogP contribution in [0.25, 0.3) is 5.65 Å². The van der Waals surface area contributed by atoms with Crippen LogP contribution in [0.1, 0.15) is 5.69 Å². The van der Waals surface area contributed by atoms with E-state index in [0.29, 0.717) is 0 Å². The molecule has 4 nitrogen and oxygen atoms in total. The van der Waals surface area contributed by atoms with Crippen LogP contribution >= 0.6 is 0 Å². The van der Waals surface area contributed by atoms with Crippen LogP contribution in [-0.2, 0) is 16.0 Å². The van der Waals surface area contributed by atoms with Crippen LogP contribution in [0.4, 0.5) is 0 Å².